The van der Waals surface area contributed by atoms with Gasteiger partial charge in [0.15, 0.2) is 0 Å². The Morgan fingerprint density at radius 2 is 1.38 bits per heavy atom. The number of anilines is 2. The zero-order valence-electron chi connectivity index (χ0n) is 15.0. The number of benzene rings is 3. The van der Waals surface area contributed by atoms with Gasteiger partial charge in [-0.15, -0.1) is 0 Å². The number of nitriles is 1. The molecule has 4 rings (SSSR count). The van der Waals surface area contributed by atoms with Crippen LogP contribution < -0.4 is 11.5 Å². The maximum absolute atomic E-state index is 10.0. The van der Waals surface area contributed by atoms with Gasteiger partial charge < -0.3 is 11.5 Å². The average Bonchev–Trinajstić information content (AvgIpc) is 2.73. The van der Waals surface area contributed by atoms with E-state index in [-0.39, 0.29) is 11.8 Å². The first kappa shape index (κ1) is 19.4. The number of halogens is 1. The standard InChI is InChI=1S/C21H14ClN5S2/c22-16-17-15(20(24)27-21(25)26-17)18(28-12-7-3-1-4-8-12)14(11-23)19(16)29-13-9-5-2-6-10-13/h1-10H,(H4,24,25,26,27). The summed E-state index contributed by atoms with van der Waals surface area (Å²) in [6, 6.07) is 21.8. The molecule has 3 aromatic carbocycles. The maximum atomic E-state index is 10.0. The van der Waals surface area contributed by atoms with Crippen molar-refractivity contribution in [1.82, 2.24) is 9.97 Å². The van der Waals surface area contributed by atoms with Gasteiger partial charge in [0.1, 0.15) is 11.9 Å². The van der Waals surface area contributed by atoms with Crippen LogP contribution in [0.1, 0.15) is 5.56 Å². The molecular formula is C21H14ClN5S2. The molecule has 0 unspecified atom stereocenters. The molecule has 29 heavy (non-hydrogen) atoms. The highest BCUT2D eigenvalue weighted by Gasteiger charge is 2.24. The Morgan fingerprint density at radius 1 is 0.828 bits per heavy atom. The van der Waals surface area contributed by atoms with Crippen molar-refractivity contribution >= 4 is 57.8 Å². The van der Waals surface area contributed by atoms with E-state index in [0.717, 1.165) is 9.79 Å². The Kier molecular flexibility index (Phi) is 5.49. The molecule has 0 radical (unpaired) electrons. The van der Waals surface area contributed by atoms with Gasteiger partial charge >= 0.3 is 0 Å². The lowest BCUT2D eigenvalue weighted by molar-refractivity contribution is 1.20. The normalized spacial score (nSPS) is 10.8. The summed E-state index contributed by atoms with van der Waals surface area (Å²) in [5, 5.41) is 10.9. The number of nitrogens with zero attached hydrogens (tertiary/aromatic N) is 3. The fourth-order valence-electron chi connectivity index (χ4n) is 2.84. The van der Waals surface area contributed by atoms with Crippen LogP contribution in [0.15, 0.2) is 80.2 Å². The highest BCUT2D eigenvalue weighted by molar-refractivity contribution is 8.00. The second-order valence-corrected chi connectivity index (χ2v) is 8.53. The quantitative estimate of drug-likeness (QED) is 0.428. The van der Waals surface area contributed by atoms with Crippen LogP contribution in [-0.4, -0.2) is 9.97 Å². The smallest absolute Gasteiger partial charge is 0.222 e. The fraction of sp³-hybridized carbons (Fsp3) is 0. The lowest BCUT2D eigenvalue weighted by Gasteiger charge is -2.16. The van der Waals surface area contributed by atoms with Gasteiger partial charge in [-0.1, -0.05) is 71.5 Å². The number of nitrogen functional groups attached to an aromatic ring is 2. The zero-order valence-corrected chi connectivity index (χ0v) is 17.4. The highest BCUT2D eigenvalue weighted by Crippen LogP contribution is 2.47. The van der Waals surface area contributed by atoms with E-state index in [4.69, 9.17) is 23.1 Å². The molecule has 0 saturated heterocycles. The third kappa shape index (κ3) is 3.83. The summed E-state index contributed by atoms with van der Waals surface area (Å²) >= 11 is 9.55. The molecule has 142 valence electrons. The number of hydrogen-bond donors (Lipinski definition) is 2. The van der Waals surface area contributed by atoms with Gasteiger partial charge in [-0.25, -0.2) is 4.98 Å². The van der Waals surface area contributed by atoms with Crippen molar-refractivity contribution in [3.05, 3.63) is 71.2 Å². The van der Waals surface area contributed by atoms with Crippen molar-refractivity contribution in [1.29, 1.82) is 5.26 Å². The van der Waals surface area contributed by atoms with E-state index < -0.39 is 0 Å². The van der Waals surface area contributed by atoms with Gasteiger partial charge in [0, 0.05) is 14.7 Å². The molecule has 8 heteroatoms. The van der Waals surface area contributed by atoms with E-state index in [2.05, 4.69) is 16.0 Å². The molecule has 1 aromatic heterocycles. The van der Waals surface area contributed by atoms with Gasteiger partial charge in [-0.2, -0.15) is 10.2 Å². The monoisotopic (exact) mass is 435 g/mol. The maximum Gasteiger partial charge on any atom is 0.222 e. The predicted octanol–water partition coefficient (Wildman–Crippen LogP) is 5.62. The van der Waals surface area contributed by atoms with Crippen LogP contribution in [0, 0.1) is 11.3 Å². The number of aromatic nitrogens is 2. The van der Waals surface area contributed by atoms with E-state index in [1.807, 2.05) is 60.7 Å². The molecule has 0 amide bonds. The molecule has 0 aliphatic rings. The minimum atomic E-state index is 0.0351. The summed E-state index contributed by atoms with van der Waals surface area (Å²) in [6.07, 6.45) is 0. The predicted molar refractivity (Wildman–Crippen MR) is 119 cm³/mol. The molecule has 4 N–H and O–H groups in total. The molecule has 0 saturated carbocycles. The molecule has 0 spiro atoms. The third-order valence-electron chi connectivity index (χ3n) is 4.08. The van der Waals surface area contributed by atoms with Crippen molar-refractivity contribution < 1.29 is 0 Å². The van der Waals surface area contributed by atoms with Gasteiger partial charge in [-0.05, 0) is 24.3 Å². The van der Waals surface area contributed by atoms with Gasteiger partial charge in [0.05, 0.1) is 26.4 Å². The number of rotatable bonds is 4. The summed E-state index contributed by atoms with van der Waals surface area (Å²) in [4.78, 5) is 11.6. The summed E-state index contributed by atoms with van der Waals surface area (Å²) in [6.45, 7) is 0. The molecule has 0 atom stereocenters. The van der Waals surface area contributed by atoms with E-state index in [1.54, 1.807) is 0 Å². The molecule has 0 bridgehead atoms. The fourth-order valence-corrected chi connectivity index (χ4v) is 5.29. The van der Waals surface area contributed by atoms with Gasteiger partial charge in [-0.3, -0.25) is 0 Å². The van der Waals surface area contributed by atoms with Crippen LogP contribution in [0.2, 0.25) is 5.02 Å². The minimum Gasteiger partial charge on any atom is -0.383 e. The molecule has 0 fully saturated rings. The molecular weight excluding hydrogens is 422 g/mol. The minimum absolute atomic E-state index is 0.0351. The Labute approximate surface area is 181 Å². The van der Waals surface area contributed by atoms with Crippen molar-refractivity contribution in [2.45, 2.75) is 19.6 Å². The SMILES string of the molecule is N#Cc1c(Sc2ccccc2)c(Cl)c2nc(N)nc(N)c2c1Sc1ccccc1. The van der Waals surface area contributed by atoms with Gasteiger partial charge in [0.2, 0.25) is 5.95 Å². The molecule has 1 heterocycles. The third-order valence-corrected chi connectivity index (χ3v) is 6.80. The largest absolute Gasteiger partial charge is 0.383 e. The summed E-state index contributed by atoms with van der Waals surface area (Å²) in [5.41, 5.74) is 12.9. The van der Waals surface area contributed by atoms with Crippen molar-refractivity contribution in [2.75, 3.05) is 11.5 Å². The first-order chi connectivity index (χ1) is 14.1. The Bertz CT molecular complexity index is 1240. The number of hydrogen-bond acceptors (Lipinski definition) is 7. The molecule has 5 nitrogen and oxygen atoms in total. The first-order valence-corrected chi connectivity index (χ1v) is 10.5. The van der Waals surface area contributed by atoms with Crippen molar-refractivity contribution in [3.8, 4) is 6.07 Å². The number of fused-ring (bicyclic) bond motifs is 1. The van der Waals surface area contributed by atoms with Crippen molar-refractivity contribution in [3.63, 3.8) is 0 Å². The van der Waals surface area contributed by atoms with E-state index in [9.17, 15) is 5.26 Å². The van der Waals surface area contributed by atoms with Crippen LogP contribution in [0.4, 0.5) is 11.8 Å². The van der Waals surface area contributed by atoms with Crippen LogP contribution >= 0.6 is 35.1 Å². The van der Waals surface area contributed by atoms with Crippen LogP contribution in [-0.2, 0) is 0 Å². The van der Waals surface area contributed by atoms with E-state index in [0.29, 0.717) is 31.3 Å². The summed E-state index contributed by atoms with van der Waals surface area (Å²) < 4.78 is 0. The summed E-state index contributed by atoms with van der Waals surface area (Å²) in [7, 11) is 0. The number of nitrogens with two attached hydrogens (primary N) is 2. The molecule has 4 aromatic rings. The van der Waals surface area contributed by atoms with Crippen LogP contribution in [0.25, 0.3) is 10.9 Å². The first-order valence-electron chi connectivity index (χ1n) is 8.52. The lowest BCUT2D eigenvalue weighted by atomic mass is 10.1. The highest BCUT2D eigenvalue weighted by atomic mass is 35.5. The van der Waals surface area contributed by atoms with E-state index in [1.165, 1.54) is 23.5 Å². The zero-order chi connectivity index (χ0) is 20.4. The van der Waals surface area contributed by atoms with Gasteiger partial charge in [0.25, 0.3) is 0 Å². The Morgan fingerprint density at radius 3 is 1.93 bits per heavy atom. The lowest BCUT2D eigenvalue weighted by Crippen LogP contribution is -2.04. The topological polar surface area (TPSA) is 102 Å². The molecule has 0 aliphatic carbocycles. The second-order valence-electron chi connectivity index (χ2n) is 5.98. The van der Waals surface area contributed by atoms with Crippen LogP contribution in [0.3, 0.4) is 0 Å². The Balaban J connectivity index is 2.02. The summed E-state index contributed by atoms with van der Waals surface area (Å²) in [5.74, 6) is 0.230. The van der Waals surface area contributed by atoms with Crippen LogP contribution in [0.5, 0.6) is 0 Å². The second kappa shape index (κ2) is 8.21. The Hall–Kier alpha value is -2.92. The van der Waals surface area contributed by atoms with Crippen molar-refractivity contribution in [2.24, 2.45) is 0 Å². The molecule has 0 aliphatic heterocycles. The van der Waals surface area contributed by atoms with E-state index >= 15 is 0 Å². The average molecular weight is 436 g/mol.